The van der Waals surface area contributed by atoms with Gasteiger partial charge in [-0.05, 0) is 43.0 Å². The minimum atomic E-state index is 0. The maximum atomic E-state index is 12.6. The van der Waals surface area contributed by atoms with Crippen molar-refractivity contribution in [2.24, 2.45) is 11.7 Å². The first kappa shape index (κ1) is 20.5. The monoisotopic (exact) mass is 381 g/mol. The van der Waals surface area contributed by atoms with Gasteiger partial charge >= 0.3 is 0 Å². The van der Waals surface area contributed by atoms with E-state index in [1.807, 2.05) is 9.80 Å². The Hall–Kier alpha value is -1.79. The van der Waals surface area contributed by atoms with Crippen LogP contribution in [0.1, 0.15) is 36.0 Å². The molecule has 2 amide bonds. The van der Waals surface area contributed by atoms with E-state index in [0.717, 1.165) is 25.0 Å². The zero-order valence-corrected chi connectivity index (χ0v) is 16.0. The van der Waals surface area contributed by atoms with Gasteiger partial charge in [0.25, 0.3) is 5.91 Å². The number of methoxy groups -OCH3 is 1. The second-order valence-electron chi connectivity index (χ2n) is 6.96. The second kappa shape index (κ2) is 9.24. The number of amides is 2. The smallest absolute Gasteiger partial charge is 0.253 e. The Morgan fingerprint density at radius 1 is 1.08 bits per heavy atom. The fourth-order valence-electron chi connectivity index (χ4n) is 3.75. The van der Waals surface area contributed by atoms with Crippen molar-refractivity contribution >= 4 is 24.2 Å². The molecule has 1 aliphatic heterocycles. The highest BCUT2D eigenvalue weighted by molar-refractivity contribution is 5.94. The second-order valence-corrected chi connectivity index (χ2v) is 6.96. The van der Waals surface area contributed by atoms with E-state index in [1.54, 1.807) is 31.4 Å². The van der Waals surface area contributed by atoms with Crippen LogP contribution in [0.4, 0.5) is 0 Å². The first-order valence-corrected chi connectivity index (χ1v) is 9.05. The number of hydrogen-bond acceptors (Lipinski definition) is 4. The van der Waals surface area contributed by atoms with Crippen LogP contribution in [-0.2, 0) is 4.79 Å². The molecule has 0 spiro atoms. The maximum absolute atomic E-state index is 12.6. The largest absolute Gasteiger partial charge is 0.497 e. The third-order valence-electron chi connectivity index (χ3n) is 5.41. The Kier molecular flexibility index (Phi) is 7.29. The highest BCUT2D eigenvalue weighted by Crippen LogP contribution is 2.27. The van der Waals surface area contributed by atoms with E-state index in [2.05, 4.69) is 0 Å². The van der Waals surface area contributed by atoms with Crippen LogP contribution in [0.5, 0.6) is 5.75 Å². The number of ether oxygens (including phenoxy) is 1. The first-order chi connectivity index (χ1) is 12.1. The fourth-order valence-corrected chi connectivity index (χ4v) is 3.75. The van der Waals surface area contributed by atoms with Crippen LogP contribution in [0, 0.1) is 5.92 Å². The molecular formula is C19H28ClN3O3. The lowest BCUT2D eigenvalue weighted by molar-refractivity contribution is -0.133. The number of nitrogens with two attached hydrogens (primary N) is 1. The van der Waals surface area contributed by atoms with Crippen LogP contribution < -0.4 is 10.5 Å². The minimum absolute atomic E-state index is 0. The Balaban J connectivity index is 0.00000243. The molecule has 26 heavy (non-hydrogen) atoms. The Morgan fingerprint density at radius 3 is 2.23 bits per heavy atom. The van der Waals surface area contributed by atoms with Crippen molar-refractivity contribution < 1.29 is 14.3 Å². The van der Waals surface area contributed by atoms with Crippen LogP contribution in [0.25, 0.3) is 0 Å². The molecule has 1 heterocycles. The van der Waals surface area contributed by atoms with Crippen LogP contribution in [-0.4, -0.2) is 60.9 Å². The summed E-state index contributed by atoms with van der Waals surface area (Å²) in [4.78, 5) is 28.7. The molecule has 1 saturated carbocycles. The summed E-state index contributed by atoms with van der Waals surface area (Å²) in [5, 5.41) is 0. The molecule has 2 atom stereocenters. The van der Waals surface area contributed by atoms with Crippen molar-refractivity contribution in [1.82, 2.24) is 9.80 Å². The summed E-state index contributed by atoms with van der Waals surface area (Å²) in [7, 11) is 1.60. The number of hydrogen-bond donors (Lipinski definition) is 1. The number of rotatable bonds is 4. The molecule has 2 N–H and O–H groups in total. The van der Waals surface area contributed by atoms with Gasteiger partial charge in [-0.3, -0.25) is 9.59 Å². The number of carbonyl (C=O) groups excluding carboxylic acids is 2. The van der Waals surface area contributed by atoms with Gasteiger partial charge in [0.2, 0.25) is 5.91 Å². The van der Waals surface area contributed by atoms with Gasteiger partial charge in [0, 0.05) is 44.2 Å². The van der Waals surface area contributed by atoms with Gasteiger partial charge in [-0.1, -0.05) is 6.42 Å². The van der Waals surface area contributed by atoms with E-state index in [1.165, 1.54) is 0 Å². The first-order valence-electron chi connectivity index (χ1n) is 9.05. The molecule has 2 aliphatic rings. The summed E-state index contributed by atoms with van der Waals surface area (Å²) < 4.78 is 5.12. The van der Waals surface area contributed by atoms with E-state index in [4.69, 9.17) is 10.5 Å². The molecule has 0 radical (unpaired) electrons. The summed E-state index contributed by atoms with van der Waals surface area (Å²) in [6, 6.07) is 7.30. The predicted octanol–water partition coefficient (Wildman–Crippen LogP) is 1.92. The highest BCUT2D eigenvalue weighted by Gasteiger charge is 2.30. The van der Waals surface area contributed by atoms with Gasteiger partial charge in [-0.15, -0.1) is 12.4 Å². The van der Waals surface area contributed by atoms with Crippen molar-refractivity contribution in [3.63, 3.8) is 0 Å². The van der Waals surface area contributed by atoms with Gasteiger partial charge in [0.15, 0.2) is 0 Å². The lowest BCUT2D eigenvalue weighted by Crippen LogP contribution is -2.51. The van der Waals surface area contributed by atoms with Gasteiger partial charge < -0.3 is 20.3 Å². The van der Waals surface area contributed by atoms with Gasteiger partial charge in [-0.25, -0.2) is 0 Å². The Bertz CT molecular complexity index is 615. The average molecular weight is 382 g/mol. The quantitative estimate of drug-likeness (QED) is 0.864. The van der Waals surface area contributed by atoms with E-state index >= 15 is 0 Å². The highest BCUT2D eigenvalue weighted by atomic mass is 35.5. The molecule has 0 aromatic heterocycles. The topological polar surface area (TPSA) is 75.9 Å². The standard InChI is InChI=1S/C19H27N3O3.ClH/c1-25-16-7-5-14(6-8-16)19(24)22-11-9-21(10-12-22)18(23)13-15-3-2-4-17(15)20;/h5-8,15,17H,2-4,9-13,20H2,1H3;1H/t15-,17+;/m0./s1. The van der Waals surface area contributed by atoms with Crippen molar-refractivity contribution in [1.29, 1.82) is 0 Å². The molecule has 6 nitrogen and oxygen atoms in total. The van der Waals surface area contributed by atoms with E-state index in [-0.39, 0.29) is 30.3 Å². The molecule has 0 bridgehead atoms. The van der Waals surface area contributed by atoms with Gasteiger partial charge in [0.1, 0.15) is 5.75 Å². The number of halogens is 1. The third-order valence-corrected chi connectivity index (χ3v) is 5.41. The summed E-state index contributed by atoms with van der Waals surface area (Å²) in [5.74, 6) is 1.25. The summed E-state index contributed by atoms with van der Waals surface area (Å²) in [5.41, 5.74) is 6.72. The van der Waals surface area contributed by atoms with Crippen LogP contribution in [0.15, 0.2) is 24.3 Å². The van der Waals surface area contributed by atoms with E-state index in [0.29, 0.717) is 44.1 Å². The minimum Gasteiger partial charge on any atom is -0.497 e. The van der Waals surface area contributed by atoms with Crippen molar-refractivity contribution in [2.45, 2.75) is 31.7 Å². The van der Waals surface area contributed by atoms with Crippen molar-refractivity contribution in [2.75, 3.05) is 33.3 Å². The Morgan fingerprint density at radius 2 is 1.69 bits per heavy atom. The number of carbonyl (C=O) groups is 2. The lowest BCUT2D eigenvalue weighted by atomic mass is 9.99. The lowest BCUT2D eigenvalue weighted by Gasteiger charge is -2.35. The van der Waals surface area contributed by atoms with E-state index in [9.17, 15) is 9.59 Å². The van der Waals surface area contributed by atoms with E-state index < -0.39 is 0 Å². The molecule has 1 aromatic rings. The average Bonchev–Trinajstić information content (AvgIpc) is 3.06. The Labute approximate surface area is 161 Å². The predicted molar refractivity (Wildman–Crippen MR) is 103 cm³/mol. The van der Waals surface area contributed by atoms with Crippen LogP contribution in [0.3, 0.4) is 0 Å². The zero-order chi connectivity index (χ0) is 17.8. The molecule has 7 heteroatoms. The zero-order valence-electron chi connectivity index (χ0n) is 15.2. The summed E-state index contributed by atoms with van der Waals surface area (Å²) >= 11 is 0. The molecule has 3 rings (SSSR count). The molecule has 1 saturated heterocycles. The molecule has 2 fully saturated rings. The van der Waals surface area contributed by atoms with Crippen molar-refractivity contribution in [3.8, 4) is 5.75 Å². The fraction of sp³-hybridized carbons (Fsp3) is 0.579. The van der Waals surface area contributed by atoms with Crippen LogP contribution >= 0.6 is 12.4 Å². The van der Waals surface area contributed by atoms with Crippen LogP contribution in [0.2, 0.25) is 0 Å². The molecule has 1 aliphatic carbocycles. The molecule has 0 unspecified atom stereocenters. The molecule has 1 aromatic carbocycles. The number of nitrogens with zero attached hydrogens (tertiary/aromatic N) is 2. The molecule has 144 valence electrons. The van der Waals surface area contributed by atoms with Crippen molar-refractivity contribution in [3.05, 3.63) is 29.8 Å². The maximum Gasteiger partial charge on any atom is 0.253 e. The number of piperazine rings is 1. The molecular weight excluding hydrogens is 354 g/mol. The SMILES string of the molecule is COc1ccc(C(=O)N2CCN(C(=O)C[C@@H]3CCC[C@H]3N)CC2)cc1.Cl. The summed E-state index contributed by atoms with van der Waals surface area (Å²) in [6.07, 6.45) is 3.77. The summed E-state index contributed by atoms with van der Waals surface area (Å²) in [6.45, 7) is 2.35. The van der Waals surface area contributed by atoms with Gasteiger partial charge in [-0.2, -0.15) is 0 Å². The van der Waals surface area contributed by atoms with Gasteiger partial charge in [0.05, 0.1) is 7.11 Å². The number of benzene rings is 1. The normalized spacial score (nSPS) is 22.7. The third kappa shape index (κ3) is 4.68.